The predicted molar refractivity (Wildman–Crippen MR) is 278 cm³/mol. The molecular weight excluding hydrogens is 817 g/mol. The number of anilines is 3. The number of fused-ring (bicyclic) bond motifs is 12. The van der Waals surface area contributed by atoms with Gasteiger partial charge < -0.3 is 18.3 Å². The molecule has 0 aliphatic heterocycles. The molecule has 67 heavy (non-hydrogen) atoms. The van der Waals surface area contributed by atoms with Gasteiger partial charge in [0, 0.05) is 49.3 Å². The molecule has 4 heteroatoms. The Bertz CT molecular complexity index is 4090. The van der Waals surface area contributed by atoms with E-state index in [4.69, 9.17) is 8.83 Å². The molecule has 3 heterocycles. The van der Waals surface area contributed by atoms with E-state index in [1.54, 1.807) is 0 Å². The summed E-state index contributed by atoms with van der Waals surface area (Å²) in [7, 11) is 0. The van der Waals surface area contributed by atoms with Crippen LogP contribution < -0.4 is 4.90 Å². The van der Waals surface area contributed by atoms with E-state index in [1.807, 2.05) is 12.1 Å². The van der Waals surface area contributed by atoms with Gasteiger partial charge in [-0.1, -0.05) is 159 Å². The Balaban J connectivity index is 0.998. The SMILES string of the molecule is CC1(C)c2ccccc2-c2cccc(N(c3ccc(-c4cccc5oc6ccccc6c45)cc3)c3ccc(-c4cccc(-n5c6ccccc6c6ccccc65)c4)c4oc5ccccc5c34)c21. The van der Waals surface area contributed by atoms with Crippen LogP contribution in [0.3, 0.4) is 0 Å². The topological polar surface area (TPSA) is 34.5 Å². The van der Waals surface area contributed by atoms with Crippen molar-refractivity contribution in [3.8, 4) is 39.1 Å². The monoisotopic (exact) mass is 858 g/mol. The van der Waals surface area contributed by atoms with Crippen LogP contribution in [0.25, 0.3) is 105 Å². The van der Waals surface area contributed by atoms with Crippen LogP contribution in [0.1, 0.15) is 25.0 Å². The molecule has 13 aromatic rings. The molecule has 0 saturated heterocycles. The van der Waals surface area contributed by atoms with Gasteiger partial charge in [0.1, 0.15) is 22.3 Å². The molecule has 0 N–H and O–H groups in total. The van der Waals surface area contributed by atoms with Gasteiger partial charge in [-0.05, 0) is 112 Å². The third-order valence-corrected chi connectivity index (χ3v) is 14.4. The Kier molecular flexibility index (Phi) is 8.00. The molecule has 14 rings (SSSR count). The van der Waals surface area contributed by atoms with E-state index in [1.165, 1.54) is 44.1 Å². The number of hydrogen-bond acceptors (Lipinski definition) is 3. The quantitative estimate of drug-likeness (QED) is 0.167. The van der Waals surface area contributed by atoms with Gasteiger partial charge in [0.15, 0.2) is 0 Å². The number of furan rings is 2. The van der Waals surface area contributed by atoms with Crippen molar-refractivity contribution in [1.82, 2.24) is 4.57 Å². The molecule has 0 unspecified atom stereocenters. The van der Waals surface area contributed by atoms with Crippen LogP contribution in [-0.4, -0.2) is 4.57 Å². The third-order valence-electron chi connectivity index (χ3n) is 14.4. The summed E-state index contributed by atoms with van der Waals surface area (Å²) in [5, 5.41) is 6.88. The molecule has 0 radical (unpaired) electrons. The Hall–Kier alpha value is -8.60. The van der Waals surface area contributed by atoms with E-state index in [0.717, 1.165) is 88.9 Å². The highest BCUT2D eigenvalue weighted by atomic mass is 16.3. The number of rotatable bonds is 6. The van der Waals surface area contributed by atoms with Crippen molar-refractivity contribution in [2.75, 3.05) is 4.90 Å². The Labute approximate surface area is 387 Å². The fraction of sp³-hybridized carbons (Fsp3) is 0.0476. The smallest absolute Gasteiger partial charge is 0.145 e. The van der Waals surface area contributed by atoms with Gasteiger partial charge in [-0.3, -0.25) is 0 Å². The molecule has 1 aliphatic rings. The normalized spacial score (nSPS) is 13.0. The second-order valence-electron chi connectivity index (χ2n) is 18.4. The van der Waals surface area contributed by atoms with Crippen LogP contribution in [0.5, 0.6) is 0 Å². The summed E-state index contributed by atoms with van der Waals surface area (Å²) in [6.45, 7) is 4.74. The summed E-state index contributed by atoms with van der Waals surface area (Å²) < 4.78 is 15.8. The molecule has 0 atom stereocenters. The van der Waals surface area contributed by atoms with Crippen molar-refractivity contribution < 1.29 is 8.83 Å². The van der Waals surface area contributed by atoms with Crippen LogP contribution in [0.4, 0.5) is 17.1 Å². The first-order valence-electron chi connectivity index (χ1n) is 23.1. The predicted octanol–water partition coefficient (Wildman–Crippen LogP) is 17.7. The number of aromatic nitrogens is 1. The lowest BCUT2D eigenvalue weighted by Crippen LogP contribution is -2.20. The zero-order chi connectivity index (χ0) is 44.4. The molecular formula is C63H42N2O2. The van der Waals surface area contributed by atoms with Crippen LogP contribution in [0.2, 0.25) is 0 Å². The highest BCUT2D eigenvalue weighted by molar-refractivity contribution is 6.18. The minimum atomic E-state index is -0.260. The second kappa shape index (κ2) is 14.2. The molecule has 0 fully saturated rings. The zero-order valence-electron chi connectivity index (χ0n) is 37.0. The van der Waals surface area contributed by atoms with E-state index >= 15 is 0 Å². The molecule has 1 aliphatic carbocycles. The molecule has 0 bridgehead atoms. The van der Waals surface area contributed by atoms with E-state index in [-0.39, 0.29) is 5.41 Å². The van der Waals surface area contributed by atoms with Crippen LogP contribution in [0, 0.1) is 0 Å². The fourth-order valence-corrected chi connectivity index (χ4v) is 11.5. The van der Waals surface area contributed by atoms with Crippen molar-refractivity contribution >= 4 is 82.7 Å². The summed E-state index contributed by atoms with van der Waals surface area (Å²) in [6, 6.07) is 78.8. The van der Waals surface area contributed by atoms with Crippen LogP contribution >= 0.6 is 0 Å². The number of para-hydroxylation sites is 4. The van der Waals surface area contributed by atoms with Gasteiger partial charge in [0.2, 0.25) is 0 Å². The summed E-state index contributed by atoms with van der Waals surface area (Å²) in [5.74, 6) is 0. The van der Waals surface area contributed by atoms with Crippen molar-refractivity contribution in [2.24, 2.45) is 0 Å². The average molecular weight is 859 g/mol. The van der Waals surface area contributed by atoms with Gasteiger partial charge in [0.05, 0.1) is 27.8 Å². The maximum atomic E-state index is 7.06. The lowest BCUT2D eigenvalue weighted by Gasteiger charge is -2.32. The summed E-state index contributed by atoms with van der Waals surface area (Å²) >= 11 is 0. The van der Waals surface area contributed by atoms with Gasteiger partial charge in [0.25, 0.3) is 0 Å². The molecule has 10 aromatic carbocycles. The maximum absolute atomic E-state index is 7.06. The van der Waals surface area contributed by atoms with Gasteiger partial charge >= 0.3 is 0 Å². The second-order valence-corrected chi connectivity index (χ2v) is 18.4. The third kappa shape index (κ3) is 5.47. The summed E-state index contributed by atoms with van der Waals surface area (Å²) in [4.78, 5) is 2.48. The van der Waals surface area contributed by atoms with Crippen LogP contribution in [-0.2, 0) is 5.41 Å². The average Bonchev–Trinajstić information content (AvgIpc) is 4.12. The van der Waals surface area contributed by atoms with Crippen molar-refractivity contribution in [2.45, 2.75) is 19.3 Å². The lowest BCUT2D eigenvalue weighted by molar-refractivity contribution is 0.661. The molecule has 0 saturated carbocycles. The van der Waals surface area contributed by atoms with E-state index in [2.05, 4.69) is 230 Å². The van der Waals surface area contributed by atoms with Gasteiger partial charge in [-0.25, -0.2) is 0 Å². The highest BCUT2D eigenvalue weighted by Gasteiger charge is 2.39. The molecule has 3 aromatic heterocycles. The Morgan fingerprint density at radius 3 is 1.78 bits per heavy atom. The minimum Gasteiger partial charge on any atom is -0.456 e. The van der Waals surface area contributed by atoms with Crippen LogP contribution in [0.15, 0.2) is 227 Å². The molecule has 0 spiro atoms. The molecule has 4 nitrogen and oxygen atoms in total. The zero-order valence-corrected chi connectivity index (χ0v) is 37.0. The first-order chi connectivity index (χ1) is 33.0. The van der Waals surface area contributed by atoms with Gasteiger partial charge in [-0.2, -0.15) is 0 Å². The van der Waals surface area contributed by atoms with E-state index in [0.29, 0.717) is 0 Å². The first kappa shape index (κ1) is 37.7. The number of nitrogens with zero attached hydrogens (tertiary/aromatic N) is 2. The summed E-state index contributed by atoms with van der Waals surface area (Å²) in [6.07, 6.45) is 0. The molecule has 0 amide bonds. The van der Waals surface area contributed by atoms with E-state index in [9.17, 15) is 0 Å². The summed E-state index contributed by atoms with van der Waals surface area (Å²) in [5.41, 5.74) is 19.6. The standard InChI is InChI=1S/C63H42N2O2/c1-63(2)51-25-8-3-18-45(51)48-24-14-28-55(61(48)63)64(41-34-32-39(33-35-41)43-23-15-31-58-59(43)49-21-6-11-29-56(49)66-58)54-37-36-44(62-60(54)50-22-7-12-30-57(50)67-62)40-16-13-17-42(38-40)65-52-26-9-4-19-46(52)47-20-5-10-27-53(47)65/h3-38H,1-2H3. The fourth-order valence-electron chi connectivity index (χ4n) is 11.5. The maximum Gasteiger partial charge on any atom is 0.145 e. The van der Waals surface area contributed by atoms with Crippen molar-refractivity contribution in [1.29, 1.82) is 0 Å². The Morgan fingerprint density at radius 1 is 0.403 bits per heavy atom. The number of benzene rings is 10. The largest absolute Gasteiger partial charge is 0.456 e. The minimum absolute atomic E-state index is 0.260. The molecule has 316 valence electrons. The van der Waals surface area contributed by atoms with Gasteiger partial charge in [-0.15, -0.1) is 0 Å². The highest BCUT2D eigenvalue weighted by Crippen LogP contribution is 2.56. The Morgan fingerprint density at radius 2 is 1.00 bits per heavy atom. The van der Waals surface area contributed by atoms with Crippen molar-refractivity contribution in [3.63, 3.8) is 0 Å². The van der Waals surface area contributed by atoms with Crippen molar-refractivity contribution in [3.05, 3.63) is 230 Å². The first-order valence-corrected chi connectivity index (χ1v) is 23.1. The number of hydrogen-bond donors (Lipinski definition) is 0. The lowest BCUT2D eigenvalue weighted by atomic mass is 9.81. The van der Waals surface area contributed by atoms with E-state index < -0.39 is 0 Å².